The van der Waals surface area contributed by atoms with Crippen molar-refractivity contribution in [2.24, 2.45) is 4.99 Å². The van der Waals surface area contributed by atoms with E-state index in [4.69, 9.17) is 4.74 Å². The highest BCUT2D eigenvalue weighted by molar-refractivity contribution is 14.0. The molecule has 6 nitrogen and oxygen atoms in total. The van der Waals surface area contributed by atoms with E-state index >= 15 is 0 Å². The number of halogens is 1. The average Bonchev–Trinajstić information content (AvgIpc) is 2.75. The third kappa shape index (κ3) is 6.07. The van der Waals surface area contributed by atoms with Crippen molar-refractivity contribution in [1.29, 1.82) is 0 Å². The number of rotatable bonds is 6. The summed E-state index contributed by atoms with van der Waals surface area (Å²) in [6.07, 6.45) is 2.88. The number of aliphatic imine (C=N–C) groups is 1. The molecule has 152 valence electrons. The van der Waals surface area contributed by atoms with E-state index in [1.54, 1.807) is 7.05 Å². The van der Waals surface area contributed by atoms with Crippen molar-refractivity contribution in [3.8, 4) is 0 Å². The molecule has 28 heavy (non-hydrogen) atoms. The van der Waals surface area contributed by atoms with Crippen molar-refractivity contribution in [3.05, 3.63) is 59.3 Å². The van der Waals surface area contributed by atoms with Gasteiger partial charge in [-0.25, -0.2) is 4.98 Å². The molecule has 2 N–H and O–H groups in total. The molecule has 0 radical (unpaired) electrons. The van der Waals surface area contributed by atoms with Gasteiger partial charge >= 0.3 is 0 Å². The Balaban J connectivity index is 0.00000280. The molecule has 0 aliphatic carbocycles. The Morgan fingerprint density at radius 3 is 2.36 bits per heavy atom. The summed E-state index contributed by atoms with van der Waals surface area (Å²) < 4.78 is 5.46. The van der Waals surface area contributed by atoms with Gasteiger partial charge in [-0.05, 0) is 23.6 Å². The second kappa shape index (κ2) is 11.9. The number of anilines is 1. The molecule has 1 aliphatic heterocycles. The number of nitrogens with one attached hydrogen (secondary N) is 2. The second-order valence-corrected chi connectivity index (χ2v) is 6.49. The van der Waals surface area contributed by atoms with Gasteiger partial charge in [0.1, 0.15) is 5.82 Å². The van der Waals surface area contributed by atoms with Crippen LogP contribution in [0.3, 0.4) is 0 Å². The first kappa shape index (κ1) is 22.4. The monoisotopic (exact) mass is 495 g/mol. The molecule has 2 heterocycles. The van der Waals surface area contributed by atoms with Crippen molar-refractivity contribution >= 4 is 35.8 Å². The van der Waals surface area contributed by atoms with Crippen LogP contribution in [0.1, 0.15) is 23.6 Å². The maximum Gasteiger partial charge on any atom is 0.191 e. The number of hydrogen-bond donors (Lipinski definition) is 2. The number of guanidine groups is 1. The number of aromatic nitrogens is 1. The highest BCUT2D eigenvalue weighted by atomic mass is 127. The number of nitrogens with zero attached hydrogens (tertiary/aromatic N) is 3. The van der Waals surface area contributed by atoms with Crippen LogP contribution in [-0.2, 0) is 24.2 Å². The smallest absolute Gasteiger partial charge is 0.191 e. The van der Waals surface area contributed by atoms with Crippen molar-refractivity contribution in [2.75, 3.05) is 38.3 Å². The number of benzene rings is 1. The lowest BCUT2D eigenvalue weighted by Gasteiger charge is -2.29. The normalized spacial score (nSPS) is 14.4. The average molecular weight is 495 g/mol. The van der Waals surface area contributed by atoms with Crippen molar-refractivity contribution in [2.45, 2.75) is 26.4 Å². The highest BCUT2D eigenvalue weighted by Gasteiger charge is 2.15. The van der Waals surface area contributed by atoms with Crippen LogP contribution in [0.5, 0.6) is 0 Å². The summed E-state index contributed by atoms with van der Waals surface area (Å²) in [6.45, 7) is 6.88. The Hall–Kier alpha value is -1.87. The van der Waals surface area contributed by atoms with E-state index in [1.165, 1.54) is 11.1 Å². The second-order valence-electron chi connectivity index (χ2n) is 6.49. The number of pyridine rings is 1. The first-order valence-corrected chi connectivity index (χ1v) is 9.59. The third-order valence-corrected chi connectivity index (χ3v) is 4.79. The van der Waals surface area contributed by atoms with Crippen LogP contribution < -0.4 is 15.5 Å². The quantitative estimate of drug-likeness (QED) is 0.367. The fraction of sp³-hybridized carbons (Fsp3) is 0.429. The lowest BCUT2D eigenvalue weighted by molar-refractivity contribution is 0.122. The summed E-state index contributed by atoms with van der Waals surface area (Å²) in [6, 6.07) is 12.6. The molecule has 1 aliphatic rings. The van der Waals surface area contributed by atoms with Gasteiger partial charge in [-0.15, -0.1) is 24.0 Å². The van der Waals surface area contributed by atoms with Crippen LogP contribution in [-0.4, -0.2) is 44.3 Å². The SMILES string of the molecule is CCc1ccccc1CNC(=NC)NCc1cccnc1N1CCOCC1.I. The van der Waals surface area contributed by atoms with E-state index in [2.05, 4.69) is 62.8 Å². The van der Waals surface area contributed by atoms with E-state index in [0.29, 0.717) is 6.54 Å². The maximum absolute atomic E-state index is 5.46. The molecular formula is C21H30IN5O. The Morgan fingerprint density at radius 2 is 1.68 bits per heavy atom. The van der Waals surface area contributed by atoms with E-state index in [9.17, 15) is 0 Å². The van der Waals surface area contributed by atoms with E-state index in [1.807, 2.05) is 12.3 Å². The van der Waals surface area contributed by atoms with Crippen molar-refractivity contribution < 1.29 is 4.74 Å². The van der Waals surface area contributed by atoms with Crippen LogP contribution in [0.25, 0.3) is 0 Å². The molecule has 1 saturated heterocycles. The Labute approximate surface area is 184 Å². The van der Waals surface area contributed by atoms with Crippen LogP contribution >= 0.6 is 24.0 Å². The lowest BCUT2D eigenvalue weighted by Crippen LogP contribution is -2.39. The Bertz CT molecular complexity index is 762. The molecule has 0 bridgehead atoms. The number of ether oxygens (including phenoxy) is 1. The zero-order chi connectivity index (χ0) is 18.9. The summed E-state index contributed by atoms with van der Waals surface area (Å²) in [5.41, 5.74) is 3.83. The zero-order valence-electron chi connectivity index (χ0n) is 16.6. The van der Waals surface area contributed by atoms with Crippen LogP contribution in [0.4, 0.5) is 5.82 Å². The summed E-state index contributed by atoms with van der Waals surface area (Å²) >= 11 is 0. The van der Waals surface area contributed by atoms with E-state index in [0.717, 1.165) is 56.6 Å². The van der Waals surface area contributed by atoms with Gasteiger partial charge in [-0.1, -0.05) is 37.3 Å². The molecule has 0 spiro atoms. The molecule has 0 amide bonds. The standard InChI is InChI=1S/C21H29N5O.HI/c1-3-17-7-4-5-8-18(17)15-24-21(22-2)25-16-19-9-6-10-23-20(19)26-11-13-27-14-12-26;/h4-10H,3,11-16H2,1-2H3,(H2,22,24,25);1H. The van der Waals surface area contributed by atoms with E-state index < -0.39 is 0 Å². The molecule has 0 unspecified atom stereocenters. The van der Waals surface area contributed by atoms with Gasteiger partial charge in [0, 0.05) is 45.0 Å². The fourth-order valence-electron chi connectivity index (χ4n) is 3.28. The Morgan fingerprint density at radius 1 is 1.04 bits per heavy atom. The number of morpholine rings is 1. The summed E-state index contributed by atoms with van der Waals surface area (Å²) in [7, 11) is 1.80. The molecule has 1 aromatic heterocycles. The first-order chi connectivity index (χ1) is 13.3. The van der Waals surface area contributed by atoms with E-state index in [-0.39, 0.29) is 24.0 Å². The lowest BCUT2D eigenvalue weighted by atomic mass is 10.1. The zero-order valence-corrected chi connectivity index (χ0v) is 19.0. The number of hydrogen-bond acceptors (Lipinski definition) is 4. The molecular weight excluding hydrogens is 465 g/mol. The van der Waals surface area contributed by atoms with Crippen LogP contribution in [0.15, 0.2) is 47.6 Å². The third-order valence-electron chi connectivity index (χ3n) is 4.79. The van der Waals surface area contributed by atoms with Gasteiger partial charge in [-0.2, -0.15) is 0 Å². The molecule has 0 atom stereocenters. The summed E-state index contributed by atoms with van der Waals surface area (Å²) in [5, 5.41) is 6.83. The molecule has 1 aromatic carbocycles. The minimum atomic E-state index is 0. The van der Waals surface area contributed by atoms with Gasteiger partial charge in [0.15, 0.2) is 5.96 Å². The predicted octanol–water partition coefficient (Wildman–Crippen LogP) is 2.96. The van der Waals surface area contributed by atoms with Gasteiger partial charge in [0.25, 0.3) is 0 Å². The van der Waals surface area contributed by atoms with Crippen LogP contribution in [0, 0.1) is 0 Å². The predicted molar refractivity (Wildman–Crippen MR) is 126 cm³/mol. The minimum absolute atomic E-state index is 0. The fourth-order valence-corrected chi connectivity index (χ4v) is 3.28. The minimum Gasteiger partial charge on any atom is -0.378 e. The maximum atomic E-state index is 5.46. The van der Waals surface area contributed by atoms with Gasteiger partial charge < -0.3 is 20.3 Å². The van der Waals surface area contributed by atoms with Gasteiger partial charge in [0.05, 0.1) is 13.2 Å². The van der Waals surface area contributed by atoms with Gasteiger partial charge in [0.2, 0.25) is 0 Å². The van der Waals surface area contributed by atoms with Gasteiger partial charge in [-0.3, -0.25) is 4.99 Å². The molecule has 3 rings (SSSR count). The van der Waals surface area contributed by atoms with Crippen molar-refractivity contribution in [3.63, 3.8) is 0 Å². The van der Waals surface area contributed by atoms with Crippen LogP contribution in [0.2, 0.25) is 0 Å². The van der Waals surface area contributed by atoms with Crippen molar-refractivity contribution in [1.82, 2.24) is 15.6 Å². The summed E-state index contributed by atoms with van der Waals surface area (Å²) in [5.74, 6) is 1.82. The molecule has 0 saturated carbocycles. The molecule has 1 fully saturated rings. The highest BCUT2D eigenvalue weighted by Crippen LogP contribution is 2.18. The molecule has 7 heteroatoms. The number of aryl methyl sites for hydroxylation is 1. The largest absolute Gasteiger partial charge is 0.378 e. The summed E-state index contributed by atoms with van der Waals surface area (Å²) in [4.78, 5) is 11.2. The Kier molecular flexibility index (Phi) is 9.49. The topological polar surface area (TPSA) is 61.8 Å². The molecule has 2 aromatic rings. The first-order valence-electron chi connectivity index (χ1n) is 9.59.